The highest BCUT2D eigenvalue weighted by Crippen LogP contribution is 2.29. The maximum atomic E-state index is 12.5. The Kier molecular flexibility index (Phi) is 7.77. The predicted molar refractivity (Wildman–Crippen MR) is 121 cm³/mol. The molecular weight excluding hydrogens is 493 g/mol. The van der Waals surface area contributed by atoms with Crippen LogP contribution in [0.2, 0.25) is 0 Å². The molecule has 0 unspecified atom stereocenters. The van der Waals surface area contributed by atoms with Gasteiger partial charge in [-0.1, -0.05) is 62.9 Å². The molecular formula is C18H17BrCl3N3OS. The highest BCUT2D eigenvalue weighted by atomic mass is 79.9. The van der Waals surface area contributed by atoms with Gasteiger partial charge in [0.05, 0.1) is 0 Å². The number of benzene rings is 2. The van der Waals surface area contributed by atoms with Crippen molar-refractivity contribution in [2.45, 2.75) is 23.8 Å². The molecule has 2 aromatic carbocycles. The molecule has 0 aromatic heterocycles. The van der Waals surface area contributed by atoms with Gasteiger partial charge in [-0.05, 0) is 67.5 Å². The van der Waals surface area contributed by atoms with Gasteiger partial charge in [-0.25, -0.2) is 0 Å². The minimum Gasteiger partial charge on any atom is -0.339 e. The Hall–Kier alpha value is -1.05. The van der Waals surface area contributed by atoms with Crippen LogP contribution in [0.3, 0.4) is 0 Å². The Morgan fingerprint density at radius 3 is 2.37 bits per heavy atom. The molecule has 3 N–H and O–H groups in total. The summed E-state index contributed by atoms with van der Waals surface area (Å²) in [5, 5.41) is 8.71. The van der Waals surface area contributed by atoms with Gasteiger partial charge in [-0.15, -0.1) is 0 Å². The van der Waals surface area contributed by atoms with Gasteiger partial charge < -0.3 is 16.0 Å². The smallest absolute Gasteiger partial charge is 0.253 e. The van der Waals surface area contributed by atoms with Crippen molar-refractivity contribution < 1.29 is 4.79 Å². The Labute approximate surface area is 187 Å². The Morgan fingerprint density at radius 1 is 1.07 bits per heavy atom. The van der Waals surface area contributed by atoms with Crippen molar-refractivity contribution in [3.63, 3.8) is 0 Å². The largest absolute Gasteiger partial charge is 0.339 e. The van der Waals surface area contributed by atoms with Crippen molar-refractivity contribution in [1.82, 2.24) is 10.6 Å². The highest BCUT2D eigenvalue weighted by Gasteiger charge is 2.34. The second-order valence-corrected chi connectivity index (χ2v) is 9.55. The molecule has 0 spiro atoms. The van der Waals surface area contributed by atoms with Gasteiger partial charge in [0.15, 0.2) is 5.11 Å². The number of thiocarbonyl (C=S) groups is 1. The summed E-state index contributed by atoms with van der Waals surface area (Å²) in [6.45, 7) is 4.02. The molecule has 0 saturated carbocycles. The van der Waals surface area contributed by atoms with Crippen molar-refractivity contribution in [3.05, 3.63) is 63.6 Å². The monoisotopic (exact) mass is 507 g/mol. The van der Waals surface area contributed by atoms with Gasteiger partial charge in [0.2, 0.25) is 3.79 Å². The maximum Gasteiger partial charge on any atom is 0.253 e. The first-order chi connectivity index (χ1) is 12.6. The summed E-state index contributed by atoms with van der Waals surface area (Å²) >= 11 is 26.6. The van der Waals surface area contributed by atoms with Crippen molar-refractivity contribution in [1.29, 1.82) is 0 Å². The van der Waals surface area contributed by atoms with E-state index in [1.165, 1.54) is 5.56 Å². The van der Waals surface area contributed by atoms with Crippen LogP contribution in [0.15, 0.2) is 46.9 Å². The van der Waals surface area contributed by atoms with Gasteiger partial charge in [-0.2, -0.15) is 0 Å². The normalized spacial score (nSPS) is 12.2. The number of halogens is 4. The number of amides is 1. The van der Waals surface area contributed by atoms with Crippen LogP contribution in [-0.2, 0) is 0 Å². The summed E-state index contributed by atoms with van der Waals surface area (Å²) in [6.07, 6.45) is -1.04. The third-order valence-electron chi connectivity index (χ3n) is 3.73. The third-order valence-corrected chi connectivity index (χ3v) is 5.10. The van der Waals surface area contributed by atoms with E-state index < -0.39 is 15.9 Å². The van der Waals surface area contributed by atoms with Gasteiger partial charge in [0.1, 0.15) is 6.17 Å². The van der Waals surface area contributed by atoms with Crippen molar-refractivity contribution in [2.24, 2.45) is 0 Å². The van der Waals surface area contributed by atoms with E-state index in [0.29, 0.717) is 5.56 Å². The van der Waals surface area contributed by atoms with Crippen LogP contribution in [0.1, 0.15) is 21.5 Å². The van der Waals surface area contributed by atoms with Gasteiger partial charge >= 0.3 is 0 Å². The molecule has 0 heterocycles. The molecule has 27 heavy (non-hydrogen) atoms. The van der Waals surface area contributed by atoms with E-state index in [4.69, 9.17) is 47.0 Å². The number of aryl methyl sites for hydroxylation is 2. The minimum atomic E-state index is -1.82. The lowest BCUT2D eigenvalue weighted by molar-refractivity contribution is 0.0934. The first kappa shape index (κ1) is 22.2. The maximum absolute atomic E-state index is 12.5. The number of rotatable bonds is 4. The molecule has 1 amide bonds. The van der Waals surface area contributed by atoms with Crippen molar-refractivity contribution in [3.8, 4) is 0 Å². The molecule has 0 fully saturated rings. The predicted octanol–water partition coefficient (Wildman–Crippen LogP) is 5.48. The SMILES string of the molecule is Cc1ccc(NC(=S)N[C@H](NC(=O)c2cccc(Br)c2)C(Cl)(Cl)Cl)cc1C. The number of alkyl halides is 3. The first-order valence-corrected chi connectivity index (χ1v) is 10.2. The molecule has 144 valence electrons. The summed E-state index contributed by atoms with van der Waals surface area (Å²) in [5.74, 6) is -0.408. The number of hydrogen-bond donors (Lipinski definition) is 3. The van der Waals surface area contributed by atoms with Gasteiger partial charge in [0, 0.05) is 15.7 Å². The Bertz CT molecular complexity index is 858. The standard InChI is InChI=1S/C18H17BrCl3N3OS/c1-10-6-7-14(8-11(10)2)23-17(27)25-16(18(20,21)22)24-15(26)12-4-3-5-13(19)9-12/h3-9,16H,1-2H3,(H,24,26)(H2,23,25,27)/t16-/m0/s1. The van der Waals surface area contributed by atoms with E-state index in [9.17, 15) is 4.79 Å². The Morgan fingerprint density at radius 2 is 1.78 bits per heavy atom. The van der Waals surface area contributed by atoms with Crippen molar-refractivity contribution >= 4 is 79.7 Å². The average Bonchev–Trinajstić information content (AvgIpc) is 2.56. The summed E-state index contributed by atoms with van der Waals surface area (Å²) in [7, 11) is 0. The van der Waals surface area contributed by atoms with Crippen LogP contribution >= 0.6 is 63.0 Å². The quantitative estimate of drug-likeness (QED) is 0.290. The fourth-order valence-electron chi connectivity index (χ4n) is 2.16. The molecule has 0 aliphatic rings. The summed E-state index contributed by atoms with van der Waals surface area (Å²) in [4.78, 5) is 12.5. The molecule has 0 saturated heterocycles. The van der Waals surface area contributed by atoms with Crippen LogP contribution in [0.25, 0.3) is 0 Å². The molecule has 4 nitrogen and oxygen atoms in total. The summed E-state index contributed by atoms with van der Waals surface area (Å²) < 4.78 is -1.06. The molecule has 1 atom stereocenters. The lowest BCUT2D eigenvalue weighted by Crippen LogP contribution is -2.56. The lowest BCUT2D eigenvalue weighted by atomic mass is 10.1. The van der Waals surface area contributed by atoms with Crippen LogP contribution in [-0.4, -0.2) is 21.0 Å². The highest BCUT2D eigenvalue weighted by molar-refractivity contribution is 9.10. The zero-order valence-electron chi connectivity index (χ0n) is 14.4. The number of nitrogens with one attached hydrogen (secondary N) is 3. The average molecular weight is 510 g/mol. The zero-order chi connectivity index (χ0) is 20.2. The van der Waals surface area contributed by atoms with E-state index in [0.717, 1.165) is 15.7 Å². The summed E-state index contributed by atoms with van der Waals surface area (Å²) in [6, 6.07) is 12.7. The number of hydrogen-bond acceptors (Lipinski definition) is 2. The Balaban J connectivity index is 2.08. The first-order valence-electron chi connectivity index (χ1n) is 7.84. The lowest BCUT2D eigenvalue weighted by Gasteiger charge is -2.28. The summed E-state index contributed by atoms with van der Waals surface area (Å²) in [5.41, 5.74) is 3.49. The third kappa shape index (κ3) is 6.80. The molecule has 0 aliphatic carbocycles. The van der Waals surface area contributed by atoms with E-state index in [2.05, 4.69) is 31.9 Å². The van der Waals surface area contributed by atoms with Gasteiger partial charge in [0.25, 0.3) is 5.91 Å². The van der Waals surface area contributed by atoms with E-state index in [1.807, 2.05) is 38.1 Å². The van der Waals surface area contributed by atoms with Gasteiger partial charge in [-0.3, -0.25) is 4.79 Å². The van der Waals surface area contributed by atoms with E-state index >= 15 is 0 Å². The van der Waals surface area contributed by atoms with Crippen LogP contribution in [0, 0.1) is 13.8 Å². The molecule has 0 bridgehead atoms. The molecule has 9 heteroatoms. The fourth-order valence-corrected chi connectivity index (χ4v) is 3.12. The van der Waals surface area contributed by atoms with Crippen LogP contribution in [0.4, 0.5) is 5.69 Å². The minimum absolute atomic E-state index is 0.212. The number of carbonyl (C=O) groups is 1. The number of anilines is 1. The molecule has 2 aromatic rings. The van der Waals surface area contributed by atoms with Crippen LogP contribution < -0.4 is 16.0 Å². The second-order valence-electron chi connectivity index (χ2n) is 5.86. The van der Waals surface area contributed by atoms with E-state index in [-0.39, 0.29) is 5.11 Å². The molecule has 0 aliphatic heterocycles. The van der Waals surface area contributed by atoms with E-state index in [1.54, 1.807) is 18.2 Å². The fraction of sp³-hybridized carbons (Fsp3) is 0.222. The molecule has 2 rings (SSSR count). The molecule has 0 radical (unpaired) electrons. The topological polar surface area (TPSA) is 53.2 Å². The van der Waals surface area contributed by atoms with Crippen molar-refractivity contribution in [2.75, 3.05) is 5.32 Å². The second kappa shape index (κ2) is 9.43. The number of carbonyl (C=O) groups excluding carboxylic acids is 1. The van der Waals surface area contributed by atoms with Crippen LogP contribution in [0.5, 0.6) is 0 Å². The zero-order valence-corrected chi connectivity index (χ0v) is 19.1.